The molecule has 0 N–H and O–H groups in total. The summed E-state index contributed by atoms with van der Waals surface area (Å²) in [4.78, 5) is 21.5. The lowest BCUT2D eigenvalue weighted by molar-refractivity contribution is 0.431. The summed E-state index contributed by atoms with van der Waals surface area (Å²) < 4.78 is 7.46. The first-order valence-corrected chi connectivity index (χ1v) is 8.55. The monoisotopic (exact) mass is 346 g/mol. The van der Waals surface area contributed by atoms with Crippen LogP contribution in [0.4, 0.5) is 0 Å². The van der Waals surface area contributed by atoms with E-state index in [9.17, 15) is 4.79 Å². The van der Waals surface area contributed by atoms with E-state index in [1.54, 1.807) is 18.5 Å². The van der Waals surface area contributed by atoms with Gasteiger partial charge in [-0.05, 0) is 37.6 Å². The van der Waals surface area contributed by atoms with Crippen LogP contribution < -0.4 is 5.43 Å². The van der Waals surface area contributed by atoms with E-state index in [2.05, 4.69) is 26.6 Å². The molecule has 130 valence electrons. The summed E-state index contributed by atoms with van der Waals surface area (Å²) in [7, 11) is 0. The molecule has 4 rings (SSSR count). The number of aromatic nitrogens is 4. The Kier molecular flexibility index (Phi) is 4.08. The third-order valence-electron chi connectivity index (χ3n) is 4.28. The Morgan fingerprint density at radius 2 is 2.12 bits per heavy atom. The number of benzene rings is 1. The molecule has 0 aliphatic heterocycles. The van der Waals surface area contributed by atoms with Gasteiger partial charge in [-0.2, -0.15) is 4.98 Å². The van der Waals surface area contributed by atoms with Crippen molar-refractivity contribution in [2.45, 2.75) is 26.8 Å². The van der Waals surface area contributed by atoms with Crippen molar-refractivity contribution in [1.82, 2.24) is 19.7 Å². The quantitative estimate of drug-likeness (QED) is 0.561. The molecule has 0 radical (unpaired) electrons. The van der Waals surface area contributed by atoms with Crippen LogP contribution >= 0.6 is 0 Å². The third-order valence-corrected chi connectivity index (χ3v) is 4.28. The van der Waals surface area contributed by atoms with Gasteiger partial charge < -0.3 is 9.09 Å². The van der Waals surface area contributed by atoms with Crippen LogP contribution in [0.15, 0.2) is 58.2 Å². The summed E-state index contributed by atoms with van der Waals surface area (Å²) in [5, 5.41) is 4.67. The van der Waals surface area contributed by atoms with Crippen LogP contribution in [0.25, 0.3) is 33.7 Å². The fourth-order valence-electron chi connectivity index (χ4n) is 3.03. The van der Waals surface area contributed by atoms with E-state index in [4.69, 9.17) is 4.52 Å². The van der Waals surface area contributed by atoms with Crippen molar-refractivity contribution in [3.05, 3.63) is 64.7 Å². The van der Waals surface area contributed by atoms with Crippen molar-refractivity contribution in [3.8, 4) is 22.8 Å². The average molecular weight is 346 g/mol. The lowest BCUT2D eigenvalue weighted by Crippen LogP contribution is -2.12. The molecule has 0 unspecified atom stereocenters. The molecule has 0 atom stereocenters. The van der Waals surface area contributed by atoms with Crippen LogP contribution in [-0.4, -0.2) is 19.7 Å². The van der Waals surface area contributed by atoms with Gasteiger partial charge >= 0.3 is 0 Å². The molecule has 0 fully saturated rings. The van der Waals surface area contributed by atoms with Gasteiger partial charge in [0.15, 0.2) is 0 Å². The molecule has 0 bridgehead atoms. The number of aryl methyl sites for hydroxylation is 2. The first kappa shape index (κ1) is 16.2. The standard InChI is InChI=1S/C20H18N4O2/c1-3-9-24-12-16(18(25)15-10-13(2)6-7-17(15)24)20-22-19(23-26-20)14-5-4-8-21-11-14/h4-8,10-12H,3,9H2,1-2H3. The van der Waals surface area contributed by atoms with Crippen molar-refractivity contribution in [1.29, 1.82) is 0 Å². The Morgan fingerprint density at radius 3 is 2.88 bits per heavy atom. The molecule has 6 nitrogen and oxygen atoms in total. The molecule has 1 aromatic carbocycles. The van der Waals surface area contributed by atoms with Crippen molar-refractivity contribution < 1.29 is 4.52 Å². The molecule has 3 heterocycles. The molecule has 0 aliphatic carbocycles. The van der Waals surface area contributed by atoms with Gasteiger partial charge in [0.1, 0.15) is 5.56 Å². The highest BCUT2D eigenvalue weighted by atomic mass is 16.5. The van der Waals surface area contributed by atoms with Crippen LogP contribution in [0.5, 0.6) is 0 Å². The predicted molar refractivity (Wildman–Crippen MR) is 99.8 cm³/mol. The van der Waals surface area contributed by atoms with Crippen LogP contribution in [0.2, 0.25) is 0 Å². The molecular weight excluding hydrogens is 328 g/mol. The number of pyridine rings is 2. The zero-order valence-electron chi connectivity index (χ0n) is 14.6. The number of hydrogen-bond donors (Lipinski definition) is 0. The Morgan fingerprint density at radius 1 is 1.23 bits per heavy atom. The summed E-state index contributed by atoms with van der Waals surface area (Å²) in [5.74, 6) is 0.640. The summed E-state index contributed by atoms with van der Waals surface area (Å²) in [5.41, 5.74) is 3.01. The highest BCUT2D eigenvalue weighted by molar-refractivity contribution is 5.83. The van der Waals surface area contributed by atoms with Gasteiger partial charge in [-0.25, -0.2) is 0 Å². The molecule has 0 spiro atoms. The Balaban J connectivity index is 1.90. The topological polar surface area (TPSA) is 73.8 Å². The van der Waals surface area contributed by atoms with Crippen molar-refractivity contribution in [2.75, 3.05) is 0 Å². The summed E-state index contributed by atoms with van der Waals surface area (Å²) >= 11 is 0. The Bertz CT molecular complexity index is 1130. The number of nitrogens with zero attached hydrogens (tertiary/aromatic N) is 4. The van der Waals surface area contributed by atoms with E-state index in [1.807, 2.05) is 37.4 Å². The molecule has 0 amide bonds. The summed E-state index contributed by atoms with van der Waals surface area (Å²) in [6.45, 7) is 4.88. The van der Waals surface area contributed by atoms with Crippen molar-refractivity contribution >= 4 is 10.9 Å². The Labute approximate surface area is 150 Å². The number of hydrogen-bond acceptors (Lipinski definition) is 5. The minimum absolute atomic E-state index is 0.0996. The highest BCUT2D eigenvalue weighted by Crippen LogP contribution is 2.22. The smallest absolute Gasteiger partial charge is 0.263 e. The molecule has 0 aliphatic rings. The maximum absolute atomic E-state index is 13.0. The second-order valence-corrected chi connectivity index (χ2v) is 6.25. The van der Waals surface area contributed by atoms with Crippen LogP contribution in [0.3, 0.4) is 0 Å². The molecule has 0 saturated carbocycles. The maximum atomic E-state index is 13.0. The van der Waals surface area contributed by atoms with E-state index >= 15 is 0 Å². The normalized spacial score (nSPS) is 11.2. The molecule has 26 heavy (non-hydrogen) atoms. The van der Waals surface area contributed by atoms with Crippen LogP contribution in [0, 0.1) is 6.92 Å². The average Bonchev–Trinajstić information content (AvgIpc) is 3.15. The number of rotatable bonds is 4. The highest BCUT2D eigenvalue weighted by Gasteiger charge is 2.17. The van der Waals surface area contributed by atoms with Crippen molar-refractivity contribution in [2.24, 2.45) is 0 Å². The SMILES string of the molecule is CCCn1cc(-c2nc(-c3cccnc3)no2)c(=O)c2cc(C)ccc21. The fraction of sp³-hybridized carbons (Fsp3) is 0.200. The first-order chi connectivity index (χ1) is 12.7. The van der Waals surface area contributed by atoms with Gasteiger partial charge in [-0.3, -0.25) is 9.78 Å². The molecule has 0 saturated heterocycles. The predicted octanol–water partition coefficient (Wildman–Crippen LogP) is 3.83. The minimum Gasteiger partial charge on any atom is -0.346 e. The maximum Gasteiger partial charge on any atom is 0.263 e. The van der Waals surface area contributed by atoms with Gasteiger partial charge in [0, 0.05) is 36.1 Å². The zero-order valence-corrected chi connectivity index (χ0v) is 14.6. The first-order valence-electron chi connectivity index (χ1n) is 8.55. The van der Waals surface area contributed by atoms with Crippen LogP contribution in [-0.2, 0) is 6.54 Å². The van der Waals surface area contributed by atoms with Gasteiger partial charge in [-0.1, -0.05) is 23.7 Å². The van der Waals surface area contributed by atoms with E-state index in [0.29, 0.717) is 16.8 Å². The van der Waals surface area contributed by atoms with E-state index in [-0.39, 0.29) is 11.3 Å². The third kappa shape index (κ3) is 2.79. The van der Waals surface area contributed by atoms with Gasteiger partial charge in [0.05, 0.1) is 5.52 Å². The lowest BCUT2D eigenvalue weighted by Gasteiger charge is -2.11. The Hall–Kier alpha value is -3.28. The van der Waals surface area contributed by atoms with Gasteiger partial charge in [0.2, 0.25) is 11.3 Å². The molecule has 3 aromatic heterocycles. The fourth-order valence-corrected chi connectivity index (χ4v) is 3.03. The molecular formula is C20H18N4O2. The van der Waals surface area contributed by atoms with Gasteiger partial charge in [0.25, 0.3) is 5.89 Å². The summed E-state index contributed by atoms with van der Waals surface area (Å²) in [6.07, 6.45) is 6.10. The second-order valence-electron chi connectivity index (χ2n) is 6.25. The van der Waals surface area contributed by atoms with E-state index in [0.717, 1.165) is 29.6 Å². The zero-order chi connectivity index (χ0) is 18.1. The second kappa shape index (κ2) is 6.55. The van der Waals surface area contributed by atoms with Crippen molar-refractivity contribution in [3.63, 3.8) is 0 Å². The lowest BCUT2D eigenvalue weighted by atomic mass is 10.1. The molecule has 6 heteroatoms. The van der Waals surface area contributed by atoms with Gasteiger partial charge in [-0.15, -0.1) is 0 Å². The van der Waals surface area contributed by atoms with Crippen LogP contribution in [0.1, 0.15) is 18.9 Å². The largest absolute Gasteiger partial charge is 0.346 e. The summed E-state index contributed by atoms with van der Waals surface area (Å²) in [6, 6.07) is 9.56. The van der Waals surface area contributed by atoms with E-state index < -0.39 is 0 Å². The number of fused-ring (bicyclic) bond motifs is 1. The van der Waals surface area contributed by atoms with E-state index in [1.165, 1.54) is 0 Å². The molecule has 4 aromatic rings. The minimum atomic E-state index is -0.0996.